The highest BCUT2D eigenvalue weighted by molar-refractivity contribution is 6.36. The number of nitrogens with one attached hydrogen (secondary N) is 1. The molecule has 1 heterocycles. The molecule has 7 heteroatoms. The Morgan fingerprint density at radius 2 is 1.67 bits per heavy atom. The SMILES string of the molecule is CC.CC.COC(=O)CCc1ccc(NC(=O)c2cnc(Cl)cc2Cl)cc1. The molecule has 1 aromatic heterocycles. The summed E-state index contributed by atoms with van der Waals surface area (Å²) in [5.41, 5.74) is 1.83. The number of hydrogen-bond acceptors (Lipinski definition) is 4. The van der Waals surface area contributed by atoms with Crippen LogP contribution in [0.3, 0.4) is 0 Å². The topological polar surface area (TPSA) is 68.3 Å². The van der Waals surface area contributed by atoms with E-state index < -0.39 is 0 Å². The van der Waals surface area contributed by atoms with Crippen molar-refractivity contribution in [3.05, 3.63) is 57.8 Å². The first-order valence-electron chi connectivity index (χ1n) is 8.77. The maximum atomic E-state index is 12.1. The van der Waals surface area contributed by atoms with E-state index in [4.69, 9.17) is 23.2 Å². The first-order valence-corrected chi connectivity index (χ1v) is 9.53. The fourth-order valence-corrected chi connectivity index (χ4v) is 2.33. The van der Waals surface area contributed by atoms with Crippen LogP contribution in [-0.4, -0.2) is 24.0 Å². The Morgan fingerprint density at radius 1 is 1.07 bits per heavy atom. The Bertz CT molecular complexity index is 720. The molecule has 148 valence electrons. The van der Waals surface area contributed by atoms with E-state index in [1.54, 1.807) is 12.1 Å². The molecule has 0 aliphatic carbocycles. The maximum absolute atomic E-state index is 12.1. The van der Waals surface area contributed by atoms with Crippen molar-refractivity contribution in [2.45, 2.75) is 40.5 Å². The number of pyridine rings is 1. The smallest absolute Gasteiger partial charge is 0.305 e. The Balaban J connectivity index is 0.00000158. The largest absolute Gasteiger partial charge is 0.469 e. The summed E-state index contributed by atoms with van der Waals surface area (Å²) in [6.45, 7) is 8.00. The van der Waals surface area contributed by atoms with Gasteiger partial charge in [0.15, 0.2) is 0 Å². The summed E-state index contributed by atoms with van der Waals surface area (Å²) in [5, 5.41) is 3.18. The lowest BCUT2D eigenvalue weighted by molar-refractivity contribution is -0.140. The van der Waals surface area contributed by atoms with Gasteiger partial charge in [-0.3, -0.25) is 9.59 Å². The zero-order chi connectivity index (χ0) is 20.8. The molecule has 2 rings (SSSR count). The van der Waals surface area contributed by atoms with E-state index in [-0.39, 0.29) is 27.6 Å². The highest BCUT2D eigenvalue weighted by atomic mass is 35.5. The molecule has 0 unspecified atom stereocenters. The van der Waals surface area contributed by atoms with Crippen molar-refractivity contribution in [3.63, 3.8) is 0 Å². The van der Waals surface area contributed by atoms with E-state index in [0.717, 1.165) is 5.56 Å². The molecule has 1 aromatic carbocycles. The minimum Gasteiger partial charge on any atom is -0.469 e. The van der Waals surface area contributed by atoms with Crippen molar-refractivity contribution in [1.82, 2.24) is 4.98 Å². The second kappa shape index (κ2) is 14.0. The second-order valence-electron chi connectivity index (χ2n) is 4.71. The monoisotopic (exact) mass is 412 g/mol. The van der Waals surface area contributed by atoms with Gasteiger partial charge in [0.1, 0.15) is 5.15 Å². The van der Waals surface area contributed by atoms with Gasteiger partial charge in [0.25, 0.3) is 5.91 Å². The highest BCUT2D eigenvalue weighted by Crippen LogP contribution is 2.20. The molecule has 5 nitrogen and oxygen atoms in total. The summed E-state index contributed by atoms with van der Waals surface area (Å²) in [7, 11) is 1.36. The van der Waals surface area contributed by atoms with Crippen molar-refractivity contribution in [2.75, 3.05) is 12.4 Å². The number of aryl methyl sites for hydroxylation is 1. The first-order chi connectivity index (χ1) is 13.0. The second-order valence-corrected chi connectivity index (χ2v) is 5.51. The summed E-state index contributed by atoms with van der Waals surface area (Å²) in [6.07, 6.45) is 2.22. The van der Waals surface area contributed by atoms with Crippen molar-refractivity contribution >= 4 is 40.8 Å². The van der Waals surface area contributed by atoms with Crippen LogP contribution in [-0.2, 0) is 16.0 Å². The number of anilines is 1. The third-order valence-corrected chi connectivity index (χ3v) is 3.64. The summed E-state index contributed by atoms with van der Waals surface area (Å²) in [5.74, 6) is -0.631. The van der Waals surface area contributed by atoms with E-state index >= 15 is 0 Å². The van der Waals surface area contributed by atoms with Gasteiger partial charge in [-0.05, 0) is 30.2 Å². The van der Waals surface area contributed by atoms with Crippen LogP contribution in [0.1, 0.15) is 50.0 Å². The maximum Gasteiger partial charge on any atom is 0.305 e. The van der Waals surface area contributed by atoms with Crippen molar-refractivity contribution in [1.29, 1.82) is 0 Å². The highest BCUT2D eigenvalue weighted by Gasteiger charge is 2.12. The number of hydrogen-bond donors (Lipinski definition) is 1. The number of amides is 1. The molecule has 1 amide bonds. The molecule has 0 bridgehead atoms. The van der Waals surface area contributed by atoms with Crippen LogP contribution in [0.15, 0.2) is 36.5 Å². The Kier molecular flexibility index (Phi) is 12.9. The summed E-state index contributed by atoms with van der Waals surface area (Å²) < 4.78 is 4.59. The Morgan fingerprint density at radius 3 is 2.19 bits per heavy atom. The number of carbonyl (C=O) groups is 2. The molecule has 0 saturated heterocycles. The van der Waals surface area contributed by atoms with Gasteiger partial charge in [-0.15, -0.1) is 0 Å². The molecule has 0 aliphatic heterocycles. The summed E-state index contributed by atoms with van der Waals surface area (Å²) in [4.78, 5) is 27.1. The van der Waals surface area contributed by atoms with Crippen LogP contribution in [0.25, 0.3) is 0 Å². The number of methoxy groups -OCH3 is 1. The minimum atomic E-state index is -0.374. The van der Waals surface area contributed by atoms with Crippen molar-refractivity contribution < 1.29 is 14.3 Å². The van der Waals surface area contributed by atoms with Crippen LogP contribution in [0, 0.1) is 0 Å². The number of nitrogens with zero attached hydrogens (tertiary/aromatic N) is 1. The molecule has 0 radical (unpaired) electrons. The van der Waals surface area contributed by atoms with Crippen LogP contribution >= 0.6 is 23.2 Å². The number of rotatable bonds is 5. The number of esters is 1. The van der Waals surface area contributed by atoms with Gasteiger partial charge >= 0.3 is 5.97 Å². The summed E-state index contributed by atoms with van der Waals surface area (Å²) in [6, 6.07) is 8.58. The Labute approximate surface area is 171 Å². The molecule has 27 heavy (non-hydrogen) atoms. The fourth-order valence-electron chi connectivity index (χ4n) is 1.88. The molecule has 1 N–H and O–H groups in total. The van der Waals surface area contributed by atoms with E-state index in [2.05, 4.69) is 15.0 Å². The molecule has 0 aliphatic rings. The van der Waals surface area contributed by atoms with Gasteiger partial charge in [-0.25, -0.2) is 4.98 Å². The average molecular weight is 413 g/mol. The van der Waals surface area contributed by atoms with Crippen LogP contribution < -0.4 is 5.32 Å². The molecule has 0 saturated carbocycles. The minimum absolute atomic E-state index is 0.224. The number of ether oxygens (including phenoxy) is 1. The van der Waals surface area contributed by atoms with Gasteiger partial charge in [-0.2, -0.15) is 0 Å². The summed E-state index contributed by atoms with van der Waals surface area (Å²) >= 11 is 11.7. The number of benzene rings is 1. The molecule has 0 atom stereocenters. The van der Waals surface area contributed by atoms with Crippen LogP contribution in [0.5, 0.6) is 0 Å². The van der Waals surface area contributed by atoms with E-state index in [0.29, 0.717) is 18.5 Å². The molecular formula is C20H26Cl2N2O3. The standard InChI is InChI=1S/C16H14Cl2N2O3.2C2H6/c1-23-15(21)7-4-10-2-5-11(6-3-10)20-16(22)12-9-19-14(18)8-13(12)17;2*1-2/h2-3,5-6,8-9H,4,7H2,1H3,(H,20,22);2*1-2H3. The Hall–Kier alpha value is -2.11. The van der Waals surface area contributed by atoms with E-state index in [1.807, 2.05) is 39.8 Å². The average Bonchev–Trinajstić information content (AvgIpc) is 2.70. The first kappa shape index (κ1) is 24.9. The molecule has 0 fully saturated rings. The zero-order valence-corrected chi connectivity index (χ0v) is 17.8. The fraction of sp³-hybridized carbons (Fsp3) is 0.350. The van der Waals surface area contributed by atoms with E-state index in [9.17, 15) is 9.59 Å². The van der Waals surface area contributed by atoms with E-state index in [1.165, 1.54) is 19.4 Å². The lowest BCUT2D eigenvalue weighted by atomic mass is 10.1. The number of carbonyl (C=O) groups excluding carboxylic acids is 2. The van der Waals surface area contributed by atoms with Crippen LogP contribution in [0.2, 0.25) is 10.2 Å². The van der Waals surface area contributed by atoms with Gasteiger partial charge in [-0.1, -0.05) is 63.0 Å². The molecule has 2 aromatic rings. The molecule has 0 spiro atoms. The van der Waals surface area contributed by atoms with Gasteiger partial charge < -0.3 is 10.1 Å². The lowest BCUT2D eigenvalue weighted by Gasteiger charge is -2.07. The van der Waals surface area contributed by atoms with Crippen molar-refractivity contribution in [2.24, 2.45) is 0 Å². The number of aromatic nitrogens is 1. The van der Waals surface area contributed by atoms with Crippen LogP contribution in [0.4, 0.5) is 5.69 Å². The van der Waals surface area contributed by atoms with Gasteiger partial charge in [0.05, 0.1) is 17.7 Å². The lowest BCUT2D eigenvalue weighted by Crippen LogP contribution is -2.13. The van der Waals surface area contributed by atoms with Gasteiger partial charge in [0, 0.05) is 18.3 Å². The number of halogens is 2. The quantitative estimate of drug-likeness (QED) is 0.497. The van der Waals surface area contributed by atoms with Gasteiger partial charge in [0.2, 0.25) is 0 Å². The molecular weight excluding hydrogens is 387 g/mol. The normalized spacial score (nSPS) is 9.15. The van der Waals surface area contributed by atoms with Crippen molar-refractivity contribution in [3.8, 4) is 0 Å². The predicted octanol–water partition coefficient (Wildman–Crippen LogP) is 5.80. The predicted molar refractivity (Wildman–Crippen MR) is 112 cm³/mol. The third kappa shape index (κ3) is 8.89. The third-order valence-electron chi connectivity index (χ3n) is 3.12. The zero-order valence-electron chi connectivity index (χ0n) is 16.3.